The molecule has 0 aliphatic carbocycles. The molecule has 4 aromatic rings. The van der Waals surface area contributed by atoms with E-state index < -0.39 is 0 Å². The lowest BCUT2D eigenvalue weighted by Crippen LogP contribution is -2.11. The van der Waals surface area contributed by atoms with Gasteiger partial charge in [-0.3, -0.25) is 4.98 Å². The first-order valence-corrected chi connectivity index (χ1v) is 11.1. The Labute approximate surface area is 203 Å². The summed E-state index contributed by atoms with van der Waals surface area (Å²) in [6.07, 6.45) is 1.73. The molecule has 0 radical (unpaired) electrons. The highest BCUT2D eigenvalue weighted by Crippen LogP contribution is 2.25. The average molecular weight is 471 g/mol. The normalized spacial score (nSPS) is 11.7. The van der Waals surface area contributed by atoms with Gasteiger partial charge in [-0.25, -0.2) is 14.6 Å². The number of rotatable bonds is 10. The lowest BCUT2D eigenvalue weighted by atomic mass is 10.1. The lowest BCUT2D eigenvalue weighted by Gasteiger charge is -2.10. The van der Waals surface area contributed by atoms with Gasteiger partial charge in [0.1, 0.15) is 5.69 Å². The van der Waals surface area contributed by atoms with Crippen molar-refractivity contribution in [3.8, 4) is 28.7 Å². The molecule has 4 rings (SSSR count). The Hall–Kier alpha value is -4.20. The van der Waals surface area contributed by atoms with Gasteiger partial charge in [-0.15, -0.1) is 5.10 Å². The lowest BCUT2D eigenvalue weighted by molar-refractivity contribution is 0.116. The molecular formula is C25H26N8O2. The summed E-state index contributed by atoms with van der Waals surface area (Å²) in [6.45, 7) is 3.47. The van der Waals surface area contributed by atoms with E-state index in [4.69, 9.17) is 9.47 Å². The maximum Gasteiger partial charge on any atom is 0.223 e. The third-order valence-electron chi connectivity index (χ3n) is 5.33. The summed E-state index contributed by atoms with van der Waals surface area (Å²) in [6, 6.07) is 17.1. The number of nitrogens with zero attached hydrogens (tertiary/aromatic N) is 7. The van der Waals surface area contributed by atoms with Gasteiger partial charge in [-0.2, -0.15) is 5.26 Å². The van der Waals surface area contributed by atoms with E-state index in [0.29, 0.717) is 48.3 Å². The zero-order valence-corrected chi connectivity index (χ0v) is 19.8. The van der Waals surface area contributed by atoms with E-state index in [9.17, 15) is 5.26 Å². The Morgan fingerprint density at radius 2 is 1.86 bits per heavy atom. The number of anilines is 1. The van der Waals surface area contributed by atoms with Crippen LogP contribution in [0.1, 0.15) is 30.0 Å². The van der Waals surface area contributed by atoms with E-state index in [1.807, 2.05) is 49.5 Å². The zero-order valence-electron chi connectivity index (χ0n) is 19.8. The molecule has 0 saturated heterocycles. The van der Waals surface area contributed by atoms with Crippen molar-refractivity contribution in [1.82, 2.24) is 29.9 Å². The summed E-state index contributed by atoms with van der Waals surface area (Å²) >= 11 is 0. The first-order valence-electron chi connectivity index (χ1n) is 11.1. The Morgan fingerprint density at radius 3 is 2.66 bits per heavy atom. The van der Waals surface area contributed by atoms with Gasteiger partial charge in [-0.1, -0.05) is 23.4 Å². The van der Waals surface area contributed by atoms with Gasteiger partial charge in [0.05, 0.1) is 59.9 Å². The molecule has 1 N–H and O–H groups in total. The van der Waals surface area contributed by atoms with Crippen LogP contribution in [0, 0.1) is 11.3 Å². The number of aromatic nitrogens is 6. The average Bonchev–Trinajstić information content (AvgIpc) is 3.37. The molecule has 0 aliphatic rings. The molecule has 0 amide bonds. The molecule has 10 heteroatoms. The largest absolute Gasteiger partial charge is 0.383 e. The number of pyridine rings is 1. The number of hydrogen-bond acceptors (Lipinski definition) is 9. The molecule has 0 saturated carbocycles. The predicted molar refractivity (Wildman–Crippen MR) is 130 cm³/mol. The van der Waals surface area contributed by atoms with Crippen molar-refractivity contribution in [2.45, 2.75) is 19.6 Å². The number of methoxy groups -OCH3 is 2. The standard InChI is InChI=1S/C25H26N8O2/c1-17(35-3)21-9-5-8-20(28-21)15-33-16-24(31-32-33)23-13-22(19-7-4-6-18(12-19)14-26)29-25(30-23)27-10-11-34-2/h4-9,12-13,16-17H,10-11,15H2,1-3H3,(H,27,29,30). The van der Waals surface area contributed by atoms with E-state index in [1.165, 1.54) is 0 Å². The smallest absolute Gasteiger partial charge is 0.223 e. The van der Waals surface area contributed by atoms with Gasteiger partial charge in [-0.05, 0) is 37.3 Å². The summed E-state index contributed by atoms with van der Waals surface area (Å²) < 4.78 is 12.2. The molecule has 1 aromatic carbocycles. The van der Waals surface area contributed by atoms with E-state index in [2.05, 4.69) is 36.7 Å². The summed E-state index contributed by atoms with van der Waals surface area (Å²) in [5, 5.41) is 21.1. The van der Waals surface area contributed by atoms with Crippen LogP contribution < -0.4 is 5.32 Å². The van der Waals surface area contributed by atoms with Crippen LogP contribution in [-0.4, -0.2) is 57.3 Å². The summed E-state index contributed by atoms with van der Waals surface area (Å²) in [5.41, 5.74) is 4.95. The van der Waals surface area contributed by atoms with Crippen molar-refractivity contribution in [3.63, 3.8) is 0 Å². The van der Waals surface area contributed by atoms with Gasteiger partial charge in [0.25, 0.3) is 0 Å². The highest BCUT2D eigenvalue weighted by atomic mass is 16.5. The highest BCUT2D eigenvalue weighted by Gasteiger charge is 2.13. The molecule has 0 bridgehead atoms. The molecule has 0 fully saturated rings. The fourth-order valence-corrected chi connectivity index (χ4v) is 3.41. The highest BCUT2D eigenvalue weighted by molar-refractivity contribution is 5.68. The Morgan fingerprint density at radius 1 is 1.03 bits per heavy atom. The van der Waals surface area contributed by atoms with Crippen molar-refractivity contribution in [1.29, 1.82) is 5.26 Å². The van der Waals surface area contributed by atoms with Crippen LogP contribution in [-0.2, 0) is 16.0 Å². The monoisotopic (exact) mass is 470 g/mol. The number of nitriles is 1. The number of nitrogens with one attached hydrogen (secondary N) is 1. The van der Waals surface area contributed by atoms with Crippen molar-refractivity contribution in [2.75, 3.05) is 32.7 Å². The molecule has 3 aromatic heterocycles. The third kappa shape index (κ3) is 6.03. The van der Waals surface area contributed by atoms with Gasteiger partial charge >= 0.3 is 0 Å². The molecular weight excluding hydrogens is 444 g/mol. The quantitative estimate of drug-likeness (QED) is 0.347. The topological polar surface area (TPSA) is 124 Å². The molecule has 178 valence electrons. The maximum absolute atomic E-state index is 9.28. The minimum Gasteiger partial charge on any atom is -0.383 e. The predicted octanol–water partition coefficient (Wildman–Crippen LogP) is 3.48. The van der Waals surface area contributed by atoms with E-state index in [-0.39, 0.29) is 6.10 Å². The van der Waals surface area contributed by atoms with E-state index in [0.717, 1.165) is 17.0 Å². The van der Waals surface area contributed by atoms with Gasteiger partial charge < -0.3 is 14.8 Å². The zero-order chi connectivity index (χ0) is 24.6. The Kier molecular flexibility index (Phi) is 7.72. The maximum atomic E-state index is 9.28. The Bertz CT molecular complexity index is 1330. The fraction of sp³-hybridized carbons (Fsp3) is 0.280. The number of benzene rings is 1. The molecule has 10 nitrogen and oxygen atoms in total. The van der Waals surface area contributed by atoms with Crippen LogP contribution in [0.25, 0.3) is 22.6 Å². The minimum atomic E-state index is -0.0933. The van der Waals surface area contributed by atoms with Crippen molar-refractivity contribution < 1.29 is 9.47 Å². The van der Waals surface area contributed by atoms with Crippen molar-refractivity contribution >= 4 is 5.95 Å². The second-order valence-corrected chi connectivity index (χ2v) is 7.81. The van der Waals surface area contributed by atoms with Crippen LogP contribution in [0.5, 0.6) is 0 Å². The van der Waals surface area contributed by atoms with Crippen LogP contribution in [0.15, 0.2) is 54.7 Å². The molecule has 0 aliphatic heterocycles. The summed E-state index contributed by atoms with van der Waals surface area (Å²) in [7, 11) is 3.30. The minimum absolute atomic E-state index is 0.0933. The van der Waals surface area contributed by atoms with Crippen LogP contribution in [0.4, 0.5) is 5.95 Å². The summed E-state index contributed by atoms with van der Waals surface area (Å²) in [5.74, 6) is 0.439. The summed E-state index contributed by atoms with van der Waals surface area (Å²) in [4.78, 5) is 13.9. The first-order chi connectivity index (χ1) is 17.1. The third-order valence-corrected chi connectivity index (χ3v) is 5.33. The van der Waals surface area contributed by atoms with Crippen molar-refractivity contribution in [3.05, 3.63) is 71.7 Å². The van der Waals surface area contributed by atoms with Crippen LogP contribution >= 0.6 is 0 Å². The van der Waals surface area contributed by atoms with Gasteiger partial charge in [0.15, 0.2) is 0 Å². The molecule has 0 spiro atoms. The number of hydrogen-bond donors (Lipinski definition) is 1. The molecule has 1 atom stereocenters. The van der Waals surface area contributed by atoms with Gasteiger partial charge in [0, 0.05) is 26.3 Å². The number of ether oxygens (including phenoxy) is 2. The Balaban J connectivity index is 1.64. The SMILES string of the molecule is COCCNc1nc(-c2cccc(C#N)c2)cc(-c2cn(Cc3cccc(C(C)OC)n3)nn2)n1. The molecule has 35 heavy (non-hydrogen) atoms. The second-order valence-electron chi connectivity index (χ2n) is 7.81. The van der Waals surface area contributed by atoms with Crippen LogP contribution in [0.2, 0.25) is 0 Å². The molecule has 1 unspecified atom stereocenters. The van der Waals surface area contributed by atoms with Crippen LogP contribution in [0.3, 0.4) is 0 Å². The van der Waals surface area contributed by atoms with E-state index in [1.54, 1.807) is 31.0 Å². The fourth-order valence-electron chi connectivity index (χ4n) is 3.41. The van der Waals surface area contributed by atoms with Gasteiger partial charge in [0.2, 0.25) is 5.95 Å². The second kappa shape index (κ2) is 11.3. The van der Waals surface area contributed by atoms with E-state index >= 15 is 0 Å². The first kappa shape index (κ1) is 23.9. The van der Waals surface area contributed by atoms with Crippen molar-refractivity contribution in [2.24, 2.45) is 0 Å². The molecule has 3 heterocycles.